The summed E-state index contributed by atoms with van der Waals surface area (Å²) in [6.07, 6.45) is 0. The smallest absolute Gasteiger partial charge is 0.355 e. The lowest BCUT2D eigenvalue weighted by atomic mass is 10.1. The molecule has 0 aliphatic carbocycles. The van der Waals surface area contributed by atoms with Gasteiger partial charge in [0, 0.05) is 38.8 Å². The van der Waals surface area contributed by atoms with Crippen molar-refractivity contribution >= 4 is 29.2 Å². The Balaban J connectivity index is 1.95. The van der Waals surface area contributed by atoms with Crippen LogP contribution in [0.15, 0.2) is 23.4 Å². The number of esters is 2. The Labute approximate surface area is 177 Å². The molecule has 1 amide bonds. The number of carbonyl (C=O) groups excluding carboxylic acids is 3. The van der Waals surface area contributed by atoms with E-state index in [1.165, 1.54) is 11.8 Å². The molecular formula is C20H23F2N3O6. The van der Waals surface area contributed by atoms with Gasteiger partial charge in [-0.2, -0.15) is 0 Å². The van der Waals surface area contributed by atoms with Gasteiger partial charge < -0.3 is 28.9 Å². The van der Waals surface area contributed by atoms with Crippen molar-refractivity contribution in [1.82, 2.24) is 4.90 Å². The second-order valence-electron chi connectivity index (χ2n) is 6.97. The van der Waals surface area contributed by atoms with E-state index in [-0.39, 0.29) is 55.0 Å². The first kappa shape index (κ1) is 22.5. The Bertz CT molecular complexity index is 904. The van der Waals surface area contributed by atoms with Gasteiger partial charge in [-0.15, -0.1) is 0 Å². The zero-order valence-electron chi connectivity index (χ0n) is 17.4. The molecule has 1 aromatic carbocycles. The molecule has 31 heavy (non-hydrogen) atoms. The van der Waals surface area contributed by atoms with Gasteiger partial charge in [0.1, 0.15) is 18.1 Å². The number of amides is 1. The van der Waals surface area contributed by atoms with E-state index in [0.29, 0.717) is 13.1 Å². The Kier molecular flexibility index (Phi) is 6.74. The van der Waals surface area contributed by atoms with Gasteiger partial charge in [0.25, 0.3) is 0 Å². The molecule has 9 nitrogen and oxygen atoms in total. The van der Waals surface area contributed by atoms with E-state index in [1.54, 1.807) is 4.90 Å². The van der Waals surface area contributed by atoms with E-state index < -0.39 is 23.6 Å². The summed E-state index contributed by atoms with van der Waals surface area (Å²) in [6, 6.07) is 2.12. The van der Waals surface area contributed by atoms with E-state index >= 15 is 0 Å². The molecule has 0 aromatic heterocycles. The quantitative estimate of drug-likeness (QED) is 0.643. The lowest BCUT2D eigenvalue weighted by Gasteiger charge is -2.36. The van der Waals surface area contributed by atoms with E-state index in [0.717, 1.165) is 31.3 Å². The summed E-state index contributed by atoms with van der Waals surface area (Å²) in [4.78, 5) is 40.2. The summed E-state index contributed by atoms with van der Waals surface area (Å²) >= 11 is 0. The van der Waals surface area contributed by atoms with Gasteiger partial charge in [0.15, 0.2) is 11.6 Å². The standard InChI is InChI=1S/C20H23F2N3O6/c1-12(26)23-4-6-24(7-5-23)18-15(21)8-13(9-16(18)22)25-11-31-10-14(19(27)29-2)17(25)20(28)30-3/h8-9H,4-7,10-11H2,1-3H3. The summed E-state index contributed by atoms with van der Waals surface area (Å²) in [7, 11) is 2.27. The minimum Gasteiger partial charge on any atom is -0.466 e. The third-order valence-corrected chi connectivity index (χ3v) is 5.19. The maximum absolute atomic E-state index is 15.0. The third kappa shape index (κ3) is 4.46. The summed E-state index contributed by atoms with van der Waals surface area (Å²) in [5, 5.41) is 0. The fourth-order valence-corrected chi connectivity index (χ4v) is 3.60. The van der Waals surface area contributed by atoms with Gasteiger partial charge in [-0.3, -0.25) is 4.79 Å². The van der Waals surface area contributed by atoms with Crippen molar-refractivity contribution in [3.8, 4) is 0 Å². The largest absolute Gasteiger partial charge is 0.466 e. The van der Waals surface area contributed by atoms with Gasteiger partial charge >= 0.3 is 11.9 Å². The summed E-state index contributed by atoms with van der Waals surface area (Å²) in [5.41, 5.74) is -0.572. The number of rotatable bonds is 4. The van der Waals surface area contributed by atoms with Crippen molar-refractivity contribution in [1.29, 1.82) is 0 Å². The SMILES string of the molecule is COC(=O)C1=C(C(=O)OC)N(c2cc(F)c(N3CCN(C(C)=O)CC3)c(F)c2)COC1. The van der Waals surface area contributed by atoms with Crippen LogP contribution >= 0.6 is 0 Å². The highest BCUT2D eigenvalue weighted by Gasteiger charge is 2.34. The number of ether oxygens (including phenoxy) is 3. The van der Waals surface area contributed by atoms with Crippen LogP contribution in [0.5, 0.6) is 0 Å². The van der Waals surface area contributed by atoms with Crippen LogP contribution in [0.25, 0.3) is 0 Å². The van der Waals surface area contributed by atoms with Crippen LogP contribution in [0.4, 0.5) is 20.2 Å². The molecule has 1 aromatic rings. The lowest BCUT2D eigenvalue weighted by Crippen LogP contribution is -2.48. The highest BCUT2D eigenvalue weighted by Crippen LogP contribution is 2.33. The van der Waals surface area contributed by atoms with Crippen LogP contribution in [0.2, 0.25) is 0 Å². The number of hydrogen-bond donors (Lipinski definition) is 0. The van der Waals surface area contributed by atoms with Crippen LogP contribution in [0.1, 0.15) is 6.92 Å². The van der Waals surface area contributed by atoms with Gasteiger partial charge in [-0.1, -0.05) is 0 Å². The molecule has 168 valence electrons. The molecule has 0 bridgehead atoms. The highest BCUT2D eigenvalue weighted by molar-refractivity contribution is 6.03. The lowest BCUT2D eigenvalue weighted by molar-refractivity contribution is -0.140. The van der Waals surface area contributed by atoms with Crippen molar-refractivity contribution in [2.75, 3.05) is 63.5 Å². The summed E-state index contributed by atoms with van der Waals surface area (Å²) in [5.74, 6) is -3.47. The second-order valence-corrected chi connectivity index (χ2v) is 6.97. The van der Waals surface area contributed by atoms with Crippen molar-refractivity contribution < 1.29 is 37.4 Å². The molecule has 3 rings (SSSR count). The molecule has 2 aliphatic rings. The Morgan fingerprint density at radius 2 is 1.55 bits per heavy atom. The second kappa shape index (κ2) is 9.29. The number of nitrogens with zero attached hydrogens (tertiary/aromatic N) is 3. The number of piperazine rings is 1. The monoisotopic (exact) mass is 439 g/mol. The fraction of sp³-hybridized carbons (Fsp3) is 0.450. The van der Waals surface area contributed by atoms with E-state index in [2.05, 4.69) is 4.74 Å². The van der Waals surface area contributed by atoms with Gasteiger partial charge in [0.2, 0.25) is 5.91 Å². The number of halogens is 2. The molecule has 1 fully saturated rings. The summed E-state index contributed by atoms with van der Waals surface area (Å²) in [6.45, 7) is 2.28. The van der Waals surface area contributed by atoms with Crippen LogP contribution in [0, 0.1) is 11.6 Å². The molecule has 11 heteroatoms. The van der Waals surface area contributed by atoms with Gasteiger partial charge in [0.05, 0.1) is 26.4 Å². The van der Waals surface area contributed by atoms with E-state index in [9.17, 15) is 23.2 Å². The molecule has 0 saturated carbocycles. The van der Waals surface area contributed by atoms with Crippen LogP contribution in [0.3, 0.4) is 0 Å². The molecule has 0 N–H and O–H groups in total. The maximum atomic E-state index is 15.0. The Morgan fingerprint density at radius 1 is 0.968 bits per heavy atom. The molecular weight excluding hydrogens is 416 g/mol. The average Bonchev–Trinajstić information content (AvgIpc) is 2.77. The average molecular weight is 439 g/mol. The predicted molar refractivity (Wildman–Crippen MR) is 105 cm³/mol. The zero-order chi connectivity index (χ0) is 22.7. The number of benzene rings is 1. The molecule has 2 aliphatic heterocycles. The Hall–Kier alpha value is -3.21. The fourth-order valence-electron chi connectivity index (χ4n) is 3.60. The number of carbonyl (C=O) groups is 3. The first-order valence-electron chi connectivity index (χ1n) is 9.53. The van der Waals surface area contributed by atoms with Crippen molar-refractivity contribution in [2.45, 2.75) is 6.92 Å². The normalized spacial score (nSPS) is 17.0. The van der Waals surface area contributed by atoms with Crippen molar-refractivity contribution in [2.24, 2.45) is 0 Å². The summed E-state index contributed by atoms with van der Waals surface area (Å²) < 4.78 is 44.7. The molecule has 0 unspecified atom stereocenters. The number of methoxy groups -OCH3 is 2. The van der Waals surface area contributed by atoms with E-state index in [4.69, 9.17) is 9.47 Å². The molecule has 1 saturated heterocycles. The molecule has 2 heterocycles. The van der Waals surface area contributed by atoms with Crippen molar-refractivity contribution in [3.05, 3.63) is 35.0 Å². The molecule has 0 radical (unpaired) electrons. The topological polar surface area (TPSA) is 88.6 Å². The molecule has 0 atom stereocenters. The number of hydrogen-bond acceptors (Lipinski definition) is 8. The first-order chi connectivity index (χ1) is 14.8. The van der Waals surface area contributed by atoms with Gasteiger partial charge in [-0.25, -0.2) is 18.4 Å². The number of anilines is 2. The zero-order valence-corrected chi connectivity index (χ0v) is 17.4. The van der Waals surface area contributed by atoms with Gasteiger partial charge in [-0.05, 0) is 12.1 Å². The predicted octanol–water partition coefficient (Wildman–Crippen LogP) is 1.03. The third-order valence-electron chi connectivity index (χ3n) is 5.19. The first-order valence-corrected chi connectivity index (χ1v) is 9.53. The minimum atomic E-state index is -0.867. The Morgan fingerprint density at radius 3 is 2.06 bits per heavy atom. The minimum absolute atomic E-state index is 0.0253. The molecule has 0 spiro atoms. The van der Waals surface area contributed by atoms with Crippen LogP contribution in [-0.4, -0.2) is 76.5 Å². The van der Waals surface area contributed by atoms with Crippen molar-refractivity contribution in [3.63, 3.8) is 0 Å². The maximum Gasteiger partial charge on any atom is 0.355 e. The van der Waals surface area contributed by atoms with Crippen LogP contribution < -0.4 is 9.80 Å². The van der Waals surface area contributed by atoms with Crippen LogP contribution in [-0.2, 0) is 28.6 Å². The highest BCUT2D eigenvalue weighted by atomic mass is 19.1. The van der Waals surface area contributed by atoms with E-state index in [1.807, 2.05) is 0 Å².